The highest BCUT2D eigenvalue weighted by atomic mass is 35.5. The van der Waals surface area contributed by atoms with Gasteiger partial charge in [0.05, 0.1) is 0 Å². The van der Waals surface area contributed by atoms with E-state index in [-0.39, 0.29) is 0 Å². The Morgan fingerprint density at radius 3 is 1.57 bits per heavy atom. The van der Waals surface area contributed by atoms with Gasteiger partial charge >= 0.3 is 0 Å². The fraction of sp³-hybridized carbons (Fsp3) is 0.172. The van der Waals surface area contributed by atoms with Crippen LogP contribution in [0.25, 0.3) is 11.1 Å². The lowest BCUT2D eigenvalue weighted by molar-refractivity contribution is 0.759. The van der Waals surface area contributed by atoms with E-state index in [1.54, 1.807) is 0 Å². The summed E-state index contributed by atoms with van der Waals surface area (Å²) in [7, 11) is 0. The summed E-state index contributed by atoms with van der Waals surface area (Å²) >= 11 is 5.97. The molecular weight excluding hydrogens is 384 g/mol. The van der Waals surface area contributed by atoms with Crippen molar-refractivity contribution < 1.29 is 0 Å². The van der Waals surface area contributed by atoms with Crippen molar-refractivity contribution in [3.05, 3.63) is 130 Å². The van der Waals surface area contributed by atoms with Crippen LogP contribution in [0.4, 0.5) is 0 Å². The van der Waals surface area contributed by atoms with Crippen LogP contribution in [-0.4, -0.2) is 0 Å². The molecule has 0 aliphatic rings. The second kappa shape index (κ2) is 9.78. The molecule has 0 saturated heterocycles. The molecule has 0 aliphatic carbocycles. The minimum atomic E-state index is 0.525. The highest BCUT2D eigenvalue weighted by Crippen LogP contribution is 2.24. The third kappa shape index (κ3) is 5.40. The van der Waals surface area contributed by atoms with Crippen molar-refractivity contribution >= 4 is 11.6 Å². The molecule has 0 amide bonds. The monoisotopic (exact) mass is 410 g/mol. The fourth-order valence-electron chi connectivity index (χ4n) is 3.89. The van der Waals surface area contributed by atoms with Crippen molar-refractivity contribution in [2.45, 2.75) is 32.1 Å². The van der Waals surface area contributed by atoms with E-state index in [4.69, 9.17) is 11.6 Å². The van der Waals surface area contributed by atoms with Crippen molar-refractivity contribution in [1.29, 1.82) is 0 Å². The van der Waals surface area contributed by atoms with Crippen molar-refractivity contribution in [2.75, 3.05) is 0 Å². The molecule has 1 atom stereocenters. The maximum Gasteiger partial charge on any atom is 0.0406 e. The third-order valence-corrected chi connectivity index (χ3v) is 6.02. The molecule has 0 spiro atoms. The van der Waals surface area contributed by atoms with Gasteiger partial charge in [-0.1, -0.05) is 110 Å². The lowest BCUT2D eigenvalue weighted by Crippen LogP contribution is -1.98. The molecule has 0 unspecified atom stereocenters. The van der Waals surface area contributed by atoms with Gasteiger partial charge in [0.1, 0.15) is 0 Å². The van der Waals surface area contributed by atoms with Gasteiger partial charge in [0.15, 0.2) is 0 Å². The van der Waals surface area contributed by atoms with Crippen molar-refractivity contribution in [2.24, 2.45) is 0 Å². The van der Waals surface area contributed by atoms with E-state index in [0.29, 0.717) is 5.92 Å². The van der Waals surface area contributed by atoms with Crippen molar-refractivity contribution in [3.63, 3.8) is 0 Å². The van der Waals surface area contributed by atoms with E-state index in [9.17, 15) is 0 Å². The molecule has 0 aromatic heterocycles. The van der Waals surface area contributed by atoms with Crippen molar-refractivity contribution in [1.82, 2.24) is 0 Å². The molecule has 0 N–H and O–H groups in total. The van der Waals surface area contributed by atoms with Gasteiger partial charge in [-0.05, 0) is 70.7 Å². The summed E-state index contributed by atoms with van der Waals surface area (Å²) < 4.78 is 0. The number of benzene rings is 4. The zero-order chi connectivity index (χ0) is 20.8. The normalized spacial score (nSPS) is 11.9. The molecule has 4 rings (SSSR count). The zero-order valence-electron chi connectivity index (χ0n) is 17.4. The summed E-state index contributed by atoms with van der Waals surface area (Å²) in [6.07, 6.45) is 3.14. The summed E-state index contributed by atoms with van der Waals surface area (Å²) in [6.45, 7) is 2.30. The number of rotatable bonds is 7. The molecule has 0 fully saturated rings. The van der Waals surface area contributed by atoms with Gasteiger partial charge in [0.2, 0.25) is 0 Å². The minimum absolute atomic E-state index is 0.525. The molecule has 0 bridgehead atoms. The first-order valence-corrected chi connectivity index (χ1v) is 11.0. The SMILES string of the molecule is C[C@@H](Cc1ccc(-c2ccc(CCc3ccc(Cl)cc3)cc2)cc1)c1ccccc1. The highest BCUT2D eigenvalue weighted by molar-refractivity contribution is 6.30. The molecule has 0 heterocycles. The molecule has 0 nitrogen and oxygen atoms in total. The fourth-order valence-corrected chi connectivity index (χ4v) is 4.02. The number of halogens is 1. The molecule has 150 valence electrons. The molecule has 4 aromatic rings. The second-order valence-electron chi connectivity index (χ2n) is 8.04. The van der Waals surface area contributed by atoms with Crippen LogP contribution in [0.2, 0.25) is 5.02 Å². The number of hydrogen-bond donors (Lipinski definition) is 0. The molecule has 30 heavy (non-hydrogen) atoms. The van der Waals surface area contributed by atoms with Crippen LogP contribution in [-0.2, 0) is 19.3 Å². The highest BCUT2D eigenvalue weighted by Gasteiger charge is 2.07. The maximum atomic E-state index is 5.97. The van der Waals surface area contributed by atoms with Crippen LogP contribution in [0.15, 0.2) is 103 Å². The van der Waals surface area contributed by atoms with Crippen LogP contribution in [0.5, 0.6) is 0 Å². The van der Waals surface area contributed by atoms with Crippen LogP contribution < -0.4 is 0 Å². The number of aryl methyl sites for hydroxylation is 2. The molecular formula is C29H27Cl. The Balaban J connectivity index is 1.36. The first-order valence-electron chi connectivity index (χ1n) is 10.6. The summed E-state index contributed by atoms with van der Waals surface area (Å²) in [5, 5.41) is 0.795. The van der Waals surface area contributed by atoms with Crippen LogP contribution >= 0.6 is 11.6 Å². The Morgan fingerprint density at radius 1 is 0.567 bits per heavy atom. The maximum absolute atomic E-state index is 5.97. The van der Waals surface area contributed by atoms with Crippen LogP contribution in [0.1, 0.15) is 35.1 Å². The lowest BCUT2D eigenvalue weighted by Gasteiger charge is -2.12. The Labute approximate surface area is 185 Å². The molecule has 0 radical (unpaired) electrons. The van der Waals surface area contributed by atoms with Gasteiger partial charge in [-0.15, -0.1) is 0 Å². The predicted octanol–water partition coefficient (Wildman–Crippen LogP) is 8.14. The Bertz CT molecular complexity index is 1050. The first-order chi connectivity index (χ1) is 14.7. The topological polar surface area (TPSA) is 0 Å². The molecule has 4 aromatic carbocycles. The Hall–Kier alpha value is -2.83. The summed E-state index contributed by atoms with van der Waals surface area (Å²) in [4.78, 5) is 0. The third-order valence-electron chi connectivity index (χ3n) is 5.77. The summed E-state index contributed by atoms with van der Waals surface area (Å²) in [5.74, 6) is 0.525. The summed E-state index contributed by atoms with van der Waals surface area (Å²) in [5.41, 5.74) is 8.01. The van der Waals surface area contributed by atoms with E-state index in [1.807, 2.05) is 12.1 Å². The lowest BCUT2D eigenvalue weighted by atomic mass is 9.93. The van der Waals surface area contributed by atoms with Crippen molar-refractivity contribution in [3.8, 4) is 11.1 Å². The Morgan fingerprint density at radius 2 is 1.03 bits per heavy atom. The van der Waals surface area contributed by atoms with Gasteiger partial charge in [-0.25, -0.2) is 0 Å². The quantitative estimate of drug-likeness (QED) is 0.288. The Kier molecular flexibility index (Phi) is 6.67. The summed E-state index contributed by atoms with van der Waals surface area (Å²) in [6, 6.07) is 36.9. The predicted molar refractivity (Wildman–Crippen MR) is 129 cm³/mol. The van der Waals surface area contributed by atoms with Crippen LogP contribution in [0.3, 0.4) is 0 Å². The van der Waals surface area contributed by atoms with E-state index in [0.717, 1.165) is 24.3 Å². The van der Waals surface area contributed by atoms with E-state index < -0.39 is 0 Å². The standard InChI is InChI=1S/C29H27Cl/c1-22(26-5-3-2-4-6-26)21-25-11-17-28(18-12-25)27-15-9-23(10-16-27)7-8-24-13-19-29(30)20-14-24/h2-6,9-20,22H,7-8,21H2,1H3/t22-/m0/s1. The van der Waals surface area contributed by atoms with Gasteiger partial charge in [-0.3, -0.25) is 0 Å². The second-order valence-corrected chi connectivity index (χ2v) is 8.47. The minimum Gasteiger partial charge on any atom is -0.0843 e. The van der Waals surface area contributed by atoms with E-state index >= 15 is 0 Å². The first kappa shape index (κ1) is 20.4. The van der Waals surface area contributed by atoms with Gasteiger partial charge in [0, 0.05) is 5.02 Å². The smallest absolute Gasteiger partial charge is 0.0406 e. The van der Waals surface area contributed by atoms with E-state index in [2.05, 4.69) is 97.9 Å². The van der Waals surface area contributed by atoms with Gasteiger partial charge in [-0.2, -0.15) is 0 Å². The van der Waals surface area contributed by atoms with Gasteiger partial charge < -0.3 is 0 Å². The molecule has 0 aliphatic heterocycles. The molecule has 0 saturated carbocycles. The largest absolute Gasteiger partial charge is 0.0843 e. The average molecular weight is 411 g/mol. The molecule has 1 heteroatoms. The van der Waals surface area contributed by atoms with E-state index in [1.165, 1.54) is 33.4 Å². The zero-order valence-corrected chi connectivity index (χ0v) is 18.1. The number of hydrogen-bond acceptors (Lipinski definition) is 0. The van der Waals surface area contributed by atoms with Gasteiger partial charge in [0.25, 0.3) is 0 Å². The average Bonchev–Trinajstić information content (AvgIpc) is 2.80. The van der Waals surface area contributed by atoms with Crippen LogP contribution in [0, 0.1) is 0 Å².